The van der Waals surface area contributed by atoms with Crippen LogP contribution in [0.4, 0.5) is 0 Å². The molecule has 1 aromatic heterocycles. The van der Waals surface area contributed by atoms with Crippen molar-refractivity contribution in [1.29, 1.82) is 5.26 Å². The maximum atomic E-state index is 11.8. The van der Waals surface area contributed by atoms with Crippen LogP contribution in [0.25, 0.3) is 6.08 Å². The molecule has 0 bridgehead atoms. The van der Waals surface area contributed by atoms with Crippen molar-refractivity contribution in [3.63, 3.8) is 0 Å². The van der Waals surface area contributed by atoms with E-state index in [0.29, 0.717) is 17.1 Å². The topological polar surface area (TPSA) is 87.6 Å². The number of carbonyl (C=O) groups is 1. The molecule has 0 aliphatic heterocycles. The SMILES string of the molecule is C[C@H](Oc1ccc(C#N)cc1)C(=O)N/N=C\C=C\c1ccco1. The lowest BCUT2D eigenvalue weighted by molar-refractivity contribution is -0.127. The molecule has 0 radical (unpaired) electrons. The largest absolute Gasteiger partial charge is 0.481 e. The molecule has 23 heavy (non-hydrogen) atoms. The van der Waals surface area contributed by atoms with Gasteiger partial charge in [0.1, 0.15) is 11.5 Å². The van der Waals surface area contributed by atoms with Gasteiger partial charge in [0.05, 0.1) is 17.9 Å². The molecule has 0 saturated heterocycles. The smallest absolute Gasteiger partial charge is 0.280 e. The van der Waals surface area contributed by atoms with Crippen molar-refractivity contribution < 1.29 is 13.9 Å². The Hall–Kier alpha value is -3.33. The van der Waals surface area contributed by atoms with Gasteiger partial charge in [0.15, 0.2) is 6.10 Å². The van der Waals surface area contributed by atoms with E-state index in [2.05, 4.69) is 10.5 Å². The fourth-order valence-electron chi connectivity index (χ4n) is 1.62. The van der Waals surface area contributed by atoms with Crippen molar-refractivity contribution in [2.75, 3.05) is 0 Å². The van der Waals surface area contributed by atoms with Crippen LogP contribution in [-0.2, 0) is 4.79 Å². The molecular formula is C17H15N3O3. The summed E-state index contributed by atoms with van der Waals surface area (Å²) in [7, 11) is 0. The Morgan fingerprint density at radius 2 is 2.17 bits per heavy atom. The van der Waals surface area contributed by atoms with Crippen molar-refractivity contribution in [3.05, 3.63) is 60.1 Å². The fraction of sp³-hybridized carbons (Fsp3) is 0.118. The highest BCUT2D eigenvalue weighted by Crippen LogP contribution is 2.13. The molecule has 0 unspecified atom stereocenters. The molecule has 0 spiro atoms. The Labute approximate surface area is 133 Å². The average Bonchev–Trinajstić information content (AvgIpc) is 3.08. The van der Waals surface area contributed by atoms with Gasteiger partial charge in [-0.15, -0.1) is 0 Å². The zero-order chi connectivity index (χ0) is 16.5. The first kappa shape index (κ1) is 16.0. The van der Waals surface area contributed by atoms with Crippen LogP contribution in [0.2, 0.25) is 0 Å². The lowest BCUT2D eigenvalue weighted by Gasteiger charge is -2.12. The van der Waals surface area contributed by atoms with Crippen LogP contribution >= 0.6 is 0 Å². The molecular weight excluding hydrogens is 294 g/mol. The monoisotopic (exact) mass is 309 g/mol. The molecule has 2 rings (SSSR count). The highest BCUT2D eigenvalue weighted by Gasteiger charge is 2.13. The van der Waals surface area contributed by atoms with Crippen molar-refractivity contribution in [3.8, 4) is 11.8 Å². The van der Waals surface area contributed by atoms with E-state index >= 15 is 0 Å². The number of furan rings is 1. The number of carbonyl (C=O) groups excluding carboxylic acids is 1. The fourth-order valence-corrected chi connectivity index (χ4v) is 1.62. The van der Waals surface area contributed by atoms with Gasteiger partial charge in [0.2, 0.25) is 0 Å². The maximum absolute atomic E-state index is 11.8. The van der Waals surface area contributed by atoms with Gasteiger partial charge in [-0.3, -0.25) is 4.79 Å². The standard InChI is InChI=1S/C17H15N3O3/c1-13(23-16-8-6-14(12-18)7-9-16)17(21)20-19-10-2-4-15-5-3-11-22-15/h2-11,13H,1H3,(H,20,21)/b4-2+,19-10-/t13-/m0/s1. The van der Waals surface area contributed by atoms with E-state index in [1.807, 2.05) is 6.07 Å². The predicted octanol–water partition coefficient (Wildman–Crippen LogP) is 2.73. The molecule has 0 aliphatic carbocycles. The van der Waals surface area contributed by atoms with Crippen molar-refractivity contribution in [2.45, 2.75) is 13.0 Å². The normalized spacial score (nSPS) is 12.2. The van der Waals surface area contributed by atoms with Crippen LogP contribution in [0.5, 0.6) is 5.75 Å². The number of nitrogens with one attached hydrogen (secondary N) is 1. The first-order valence-electron chi connectivity index (χ1n) is 6.89. The molecule has 1 aromatic carbocycles. The number of nitriles is 1. The number of amides is 1. The number of rotatable bonds is 6. The van der Waals surface area contributed by atoms with Crippen molar-refractivity contribution >= 4 is 18.2 Å². The van der Waals surface area contributed by atoms with E-state index in [9.17, 15) is 4.79 Å². The number of nitrogens with zero attached hydrogens (tertiary/aromatic N) is 2. The van der Waals surface area contributed by atoms with Crippen molar-refractivity contribution in [2.24, 2.45) is 5.10 Å². The number of ether oxygens (including phenoxy) is 1. The second-order valence-electron chi connectivity index (χ2n) is 4.53. The molecule has 6 nitrogen and oxygen atoms in total. The van der Waals surface area contributed by atoms with Crippen LogP contribution in [-0.4, -0.2) is 18.2 Å². The molecule has 2 aromatic rings. The van der Waals surface area contributed by atoms with Crippen LogP contribution in [0.1, 0.15) is 18.2 Å². The molecule has 0 aliphatic rings. The van der Waals surface area contributed by atoms with Gasteiger partial charge in [-0.1, -0.05) is 0 Å². The first-order valence-corrected chi connectivity index (χ1v) is 6.89. The molecule has 1 amide bonds. The minimum atomic E-state index is -0.714. The van der Waals surface area contributed by atoms with Crippen LogP contribution in [0.3, 0.4) is 0 Å². The summed E-state index contributed by atoms with van der Waals surface area (Å²) in [6, 6.07) is 12.1. The number of hydrazone groups is 1. The number of hydrogen-bond donors (Lipinski definition) is 1. The summed E-state index contributed by atoms with van der Waals surface area (Å²) in [6.45, 7) is 1.61. The number of allylic oxidation sites excluding steroid dienone is 1. The van der Waals surface area contributed by atoms with E-state index < -0.39 is 6.10 Å². The summed E-state index contributed by atoms with van der Waals surface area (Å²) in [4.78, 5) is 11.8. The van der Waals surface area contributed by atoms with E-state index in [1.165, 1.54) is 6.21 Å². The van der Waals surface area contributed by atoms with Gasteiger partial charge in [0.25, 0.3) is 5.91 Å². The van der Waals surface area contributed by atoms with Crippen LogP contribution < -0.4 is 10.2 Å². The van der Waals surface area contributed by atoms with Gasteiger partial charge in [-0.25, -0.2) is 5.43 Å². The molecule has 6 heteroatoms. The summed E-state index contributed by atoms with van der Waals surface area (Å²) in [5.41, 5.74) is 2.91. The minimum Gasteiger partial charge on any atom is -0.481 e. The Kier molecular flexibility index (Phi) is 5.72. The zero-order valence-corrected chi connectivity index (χ0v) is 12.5. The summed E-state index contributed by atoms with van der Waals surface area (Å²) < 4.78 is 10.6. The molecule has 0 fully saturated rings. The van der Waals surface area contributed by atoms with E-state index in [-0.39, 0.29) is 5.91 Å². The van der Waals surface area contributed by atoms with Gasteiger partial charge >= 0.3 is 0 Å². The van der Waals surface area contributed by atoms with Gasteiger partial charge in [0, 0.05) is 6.21 Å². The quantitative estimate of drug-likeness (QED) is 0.656. The highest BCUT2D eigenvalue weighted by molar-refractivity contribution is 5.83. The molecule has 1 N–H and O–H groups in total. The average molecular weight is 309 g/mol. The number of benzene rings is 1. The third-order valence-corrected chi connectivity index (χ3v) is 2.80. The van der Waals surface area contributed by atoms with Crippen LogP contribution in [0.15, 0.2) is 58.3 Å². The molecule has 0 saturated carbocycles. The number of hydrogen-bond acceptors (Lipinski definition) is 5. The lowest BCUT2D eigenvalue weighted by Crippen LogP contribution is -2.33. The summed E-state index contributed by atoms with van der Waals surface area (Å²) in [6.07, 6.45) is 5.65. The first-order chi connectivity index (χ1) is 11.2. The Balaban J connectivity index is 1.79. The van der Waals surface area contributed by atoms with Crippen molar-refractivity contribution in [1.82, 2.24) is 5.43 Å². The summed E-state index contributed by atoms with van der Waals surface area (Å²) in [5, 5.41) is 12.5. The van der Waals surface area contributed by atoms with E-state index in [1.54, 1.807) is 61.7 Å². The minimum absolute atomic E-state index is 0.378. The summed E-state index contributed by atoms with van der Waals surface area (Å²) >= 11 is 0. The van der Waals surface area contributed by atoms with Gasteiger partial charge < -0.3 is 9.15 Å². The Bertz CT molecular complexity index is 725. The lowest BCUT2D eigenvalue weighted by atomic mass is 10.2. The van der Waals surface area contributed by atoms with Crippen LogP contribution in [0, 0.1) is 11.3 Å². The van der Waals surface area contributed by atoms with E-state index in [0.717, 1.165) is 0 Å². The van der Waals surface area contributed by atoms with E-state index in [4.69, 9.17) is 14.4 Å². The second-order valence-corrected chi connectivity index (χ2v) is 4.53. The predicted molar refractivity (Wildman–Crippen MR) is 85.6 cm³/mol. The third kappa shape index (κ3) is 5.17. The van der Waals surface area contributed by atoms with Gasteiger partial charge in [-0.2, -0.15) is 10.4 Å². The molecule has 1 atom stereocenters. The summed E-state index contributed by atoms with van der Waals surface area (Å²) in [5.74, 6) is 0.825. The molecule has 116 valence electrons. The molecule has 1 heterocycles. The highest BCUT2D eigenvalue weighted by atomic mass is 16.5. The van der Waals surface area contributed by atoms with Gasteiger partial charge in [-0.05, 0) is 55.5 Å². The zero-order valence-electron chi connectivity index (χ0n) is 12.5. The Morgan fingerprint density at radius 3 is 2.83 bits per heavy atom. The maximum Gasteiger partial charge on any atom is 0.280 e. The second kappa shape index (κ2) is 8.20. The Morgan fingerprint density at radius 1 is 1.39 bits per heavy atom. The third-order valence-electron chi connectivity index (χ3n) is 2.80.